The fourth-order valence-corrected chi connectivity index (χ4v) is 1.76. The molecule has 0 aliphatic carbocycles. The Labute approximate surface area is 92.2 Å². The zero-order valence-corrected chi connectivity index (χ0v) is 8.52. The maximum Gasteiger partial charge on any atom is 0.328 e. The summed E-state index contributed by atoms with van der Waals surface area (Å²) in [6.07, 6.45) is 2.53. The third-order valence-corrected chi connectivity index (χ3v) is 2.67. The van der Waals surface area contributed by atoms with E-state index in [0.717, 1.165) is 6.08 Å². The van der Waals surface area contributed by atoms with E-state index in [4.69, 9.17) is 9.84 Å². The van der Waals surface area contributed by atoms with E-state index in [1.54, 1.807) is 18.2 Å². The van der Waals surface area contributed by atoms with E-state index in [1.807, 2.05) is 0 Å². The van der Waals surface area contributed by atoms with E-state index in [0.29, 0.717) is 18.8 Å². The fourth-order valence-electron chi connectivity index (χ4n) is 1.76. The third kappa shape index (κ3) is 1.84. The Hall–Kier alpha value is -1.68. The van der Waals surface area contributed by atoms with Crippen molar-refractivity contribution >= 4 is 5.97 Å². The molecule has 0 aromatic heterocycles. The molecule has 1 aromatic rings. The van der Waals surface area contributed by atoms with Crippen LogP contribution in [0.2, 0.25) is 0 Å². The molecule has 1 saturated heterocycles. The van der Waals surface area contributed by atoms with Gasteiger partial charge in [0.1, 0.15) is 5.82 Å². The number of carboxylic acid groups (broad SMARTS) is 1. The van der Waals surface area contributed by atoms with Crippen LogP contribution in [0.3, 0.4) is 0 Å². The van der Waals surface area contributed by atoms with Crippen molar-refractivity contribution in [1.29, 1.82) is 0 Å². The van der Waals surface area contributed by atoms with Crippen molar-refractivity contribution in [3.63, 3.8) is 0 Å². The number of halogens is 1. The Balaban J connectivity index is 2.35. The summed E-state index contributed by atoms with van der Waals surface area (Å²) in [5.41, 5.74) is -0.136. The second-order valence-electron chi connectivity index (χ2n) is 3.80. The highest BCUT2D eigenvalue weighted by atomic mass is 19.1. The standard InChI is InChI=1S/C12H11FO3/c13-10-4-2-1-3-9(10)12(7-16-8-12)6-5-11(14)15/h1-6H,7-8H2,(H,14,15)/b6-5+. The number of carboxylic acids is 1. The Kier molecular flexibility index (Phi) is 2.75. The molecule has 4 heteroatoms. The van der Waals surface area contributed by atoms with Gasteiger partial charge in [0.05, 0.1) is 18.6 Å². The van der Waals surface area contributed by atoms with Crippen LogP contribution in [0, 0.1) is 5.82 Å². The van der Waals surface area contributed by atoms with Crippen molar-refractivity contribution in [2.45, 2.75) is 5.41 Å². The van der Waals surface area contributed by atoms with Gasteiger partial charge in [-0.2, -0.15) is 0 Å². The van der Waals surface area contributed by atoms with Crippen LogP contribution >= 0.6 is 0 Å². The number of aliphatic carboxylic acids is 1. The van der Waals surface area contributed by atoms with Gasteiger partial charge in [-0.05, 0) is 6.07 Å². The van der Waals surface area contributed by atoms with Crippen molar-refractivity contribution in [3.8, 4) is 0 Å². The number of ether oxygens (including phenoxy) is 1. The minimum Gasteiger partial charge on any atom is -0.478 e. The number of rotatable bonds is 3. The van der Waals surface area contributed by atoms with Crippen LogP contribution in [0.1, 0.15) is 5.56 Å². The molecule has 0 amide bonds. The molecule has 1 aliphatic heterocycles. The summed E-state index contributed by atoms with van der Waals surface area (Å²) in [7, 11) is 0. The maximum absolute atomic E-state index is 13.6. The molecule has 2 rings (SSSR count). The second kappa shape index (κ2) is 4.06. The van der Waals surface area contributed by atoms with Gasteiger partial charge in [-0.15, -0.1) is 0 Å². The topological polar surface area (TPSA) is 46.5 Å². The maximum atomic E-state index is 13.6. The van der Waals surface area contributed by atoms with Crippen molar-refractivity contribution in [1.82, 2.24) is 0 Å². The van der Waals surface area contributed by atoms with Gasteiger partial charge in [0, 0.05) is 11.6 Å². The zero-order chi connectivity index (χ0) is 11.6. The molecular weight excluding hydrogens is 211 g/mol. The van der Waals surface area contributed by atoms with Crippen LogP contribution in [0.4, 0.5) is 4.39 Å². The average molecular weight is 222 g/mol. The SMILES string of the molecule is O=C(O)/C=C/C1(c2ccccc2F)COC1. The molecule has 0 unspecified atom stereocenters. The Morgan fingerprint density at radius 3 is 2.62 bits per heavy atom. The predicted octanol–water partition coefficient (Wildman–Crippen LogP) is 1.73. The van der Waals surface area contributed by atoms with Crippen molar-refractivity contribution in [2.24, 2.45) is 0 Å². The smallest absolute Gasteiger partial charge is 0.328 e. The molecule has 0 bridgehead atoms. The van der Waals surface area contributed by atoms with E-state index in [-0.39, 0.29) is 5.82 Å². The van der Waals surface area contributed by atoms with Gasteiger partial charge >= 0.3 is 5.97 Å². The van der Waals surface area contributed by atoms with E-state index >= 15 is 0 Å². The number of carbonyl (C=O) groups is 1. The first-order valence-corrected chi connectivity index (χ1v) is 4.89. The first-order valence-electron chi connectivity index (χ1n) is 4.89. The fraction of sp³-hybridized carbons (Fsp3) is 0.250. The Morgan fingerprint density at radius 1 is 1.44 bits per heavy atom. The summed E-state index contributed by atoms with van der Waals surface area (Å²) in [5.74, 6) is -1.37. The number of benzene rings is 1. The molecule has 1 N–H and O–H groups in total. The third-order valence-electron chi connectivity index (χ3n) is 2.67. The molecule has 3 nitrogen and oxygen atoms in total. The summed E-state index contributed by atoms with van der Waals surface area (Å²) in [5, 5.41) is 8.59. The monoisotopic (exact) mass is 222 g/mol. The van der Waals surface area contributed by atoms with Crippen molar-refractivity contribution in [3.05, 3.63) is 47.8 Å². The molecular formula is C12H11FO3. The summed E-state index contributed by atoms with van der Waals surface area (Å²) in [6, 6.07) is 6.36. The number of hydrogen-bond donors (Lipinski definition) is 1. The highest BCUT2D eigenvalue weighted by Crippen LogP contribution is 2.35. The zero-order valence-electron chi connectivity index (χ0n) is 8.52. The van der Waals surface area contributed by atoms with Crippen LogP contribution in [-0.4, -0.2) is 24.3 Å². The lowest BCUT2D eigenvalue weighted by Crippen LogP contribution is -2.45. The molecule has 1 aliphatic rings. The molecule has 0 radical (unpaired) electrons. The van der Waals surface area contributed by atoms with E-state index in [1.165, 1.54) is 12.1 Å². The molecule has 0 atom stereocenters. The molecule has 1 aromatic carbocycles. The predicted molar refractivity (Wildman–Crippen MR) is 55.7 cm³/mol. The lowest BCUT2D eigenvalue weighted by Gasteiger charge is -2.39. The van der Waals surface area contributed by atoms with Crippen LogP contribution in [0.5, 0.6) is 0 Å². The van der Waals surface area contributed by atoms with E-state index in [2.05, 4.69) is 0 Å². The highest BCUT2D eigenvalue weighted by Gasteiger charge is 2.39. The summed E-state index contributed by atoms with van der Waals surface area (Å²) >= 11 is 0. The molecule has 0 saturated carbocycles. The molecule has 0 spiro atoms. The first kappa shape index (κ1) is 10.8. The lowest BCUT2D eigenvalue weighted by atomic mass is 9.78. The second-order valence-corrected chi connectivity index (χ2v) is 3.80. The van der Waals surface area contributed by atoms with Gasteiger partial charge in [0.25, 0.3) is 0 Å². The number of hydrogen-bond acceptors (Lipinski definition) is 2. The van der Waals surface area contributed by atoms with Gasteiger partial charge in [-0.3, -0.25) is 0 Å². The Bertz CT molecular complexity index is 436. The van der Waals surface area contributed by atoms with Crippen LogP contribution in [0.15, 0.2) is 36.4 Å². The molecule has 84 valence electrons. The lowest BCUT2D eigenvalue weighted by molar-refractivity contribution is -0.131. The highest BCUT2D eigenvalue weighted by molar-refractivity contribution is 5.80. The van der Waals surface area contributed by atoms with Gasteiger partial charge < -0.3 is 9.84 Å². The van der Waals surface area contributed by atoms with Crippen molar-refractivity contribution in [2.75, 3.05) is 13.2 Å². The van der Waals surface area contributed by atoms with Crippen molar-refractivity contribution < 1.29 is 19.0 Å². The largest absolute Gasteiger partial charge is 0.478 e. The van der Waals surface area contributed by atoms with E-state index < -0.39 is 11.4 Å². The van der Waals surface area contributed by atoms with Crippen LogP contribution in [0.25, 0.3) is 0 Å². The van der Waals surface area contributed by atoms with Gasteiger partial charge in [-0.1, -0.05) is 24.3 Å². The van der Waals surface area contributed by atoms with E-state index in [9.17, 15) is 9.18 Å². The summed E-state index contributed by atoms with van der Waals surface area (Å²) in [4.78, 5) is 10.5. The van der Waals surface area contributed by atoms with Crippen LogP contribution < -0.4 is 0 Å². The van der Waals surface area contributed by atoms with Gasteiger partial charge in [-0.25, -0.2) is 9.18 Å². The quantitative estimate of drug-likeness (QED) is 0.792. The summed E-state index contributed by atoms with van der Waals surface area (Å²) in [6.45, 7) is 0.634. The van der Waals surface area contributed by atoms with Gasteiger partial charge in [0.2, 0.25) is 0 Å². The Morgan fingerprint density at radius 2 is 2.12 bits per heavy atom. The minimum atomic E-state index is -1.04. The van der Waals surface area contributed by atoms with Crippen LogP contribution in [-0.2, 0) is 14.9 Å². The molecule has 1 heterocycles. The average Bonchev–Trinajstić information content (AvgIpc) is 2.18. The summed E-state index contributed by atoms with van der Waals surface area (Å²) < 4.78 is 18.7. The molecule has 1 fully saturated rings. The molecule has 16 heavy (non-hydrogen) atoms. The normalized spacial score (nSPS) is 18.3. The van der Waals surface area contributed by atoms with Gasteiger partial charge in [0.15, 0.2) is 0 Å². The first-order chi connectivity index (χ1) is 7.64. The minimum absolute atomic E-state index is 0.317.